The van der Waals surface area contributed by atoms with Crippen LogP contribution < -0.4 is 0 Å². The zero-order valence-corrected chi connectivity index (χ0v) is 11.6. The minimum atomic E-state index is 0.421. The third-order valence-electron chi connectivity index (χ3n) is 3.58. The zero-order chi connectivity index (χ0) is 12.3. The second-order valence-corrected chi connectivity index (χ2v) is 6.20. The van der Waals surface area contributed by atoms with Crippen molar-refractivity contribution >= 4 is 17.2 Å². The largest absolute Gasteiger partial charge is 0.353 e. The number of hydrogen-bond donors (Lipinski definition) is 1. The quantitative estimate of drug-likeness (QED) is 0.631. The lowest BCUT2D eigenvalue weighted by molar-refractivity contribution is 0.323. The summed E-state index contributed by atoms with van der Waals surface area (Å²) in [7, 11) is 0. The maximum atomic E-state index is 8.41. The minimum Gasteiger partial charge on any atom is -0.353 e. The van der Waals surface area contributed by atoms with Gasteiger partial charge in [-0.3, -0.25) is 5.41 Å². The van der Waals surface area contributed by atoms with E-state index >= 15 is 0 Å². The van der Waals surface area contributed by atoms with Crippen molar-refractivity contribution in [1.29, 1.82) is 5.41 Å². The highest BCUT2D eigenvalue weighted by atomic mass is 32.1. The Hall–Kier alpha value is -0.830. The Balaban J connectivity index is 2.03. The molecule has 0 atom stereocenters. The van der Waals surface area contributed by atoms with Crippen LogP contribution in [0.25, 0.3) is 0 Å². The van der Waals surface area contributed by atoms with E-state index < -0.39 is 0 Å². The number of nitrogens with one attached hydrogen (secondary N) is 1. The van der Waals surface area contributed by atoms with E-state index in [2.05, 4.69) is 36.3 Å². The van der Waals surface area contributed by atoms with Crippen molar-refractivity contribution in [3.8, 4) is 0 Å². The second-order valence-electron chi connectivity index (χ2n) is 5.17. The summed E-state index contributed by atoms with van der Waals surface area (Å²) in [5.74, 6) is 1.38. The van der Waals surface area contributed by atoms with Crippen molar-refractivity contribution in [2.45, 2.75) is 52.1 Å². The van der Waals surface area contributed by atoms with E-state index in [4.69, 9.17) is 5.41 Å². The molecule has 0 saturated heterocycles. The third-order valence-corrected chi connectivity index (χ3v) is 4.44. The predicted octanol–water partition coefficient (Wildman–Crippen LogP) is 4.13. The van der Waals surface area contributed by atoms with E-state index in [1.807, 2.05) is 0 Å². The van der Waals surface area contributed by atoms with Crippen LogP contribution >= 0.6 is 11.3 Å². The predicted molar refractivity (Wildman–Crippen MR) is 74.7 cm³/mol. The minimum absolute atomic E-state index is 0.421. The molecular formula is C14H22N2S. The van der Waals surface area contributed by atoms with E-state index in [1.54, 1.807) is 11.3 Å². The molecule has 1 N–H and O–H groups in total. The maximum Gasteiger partial charge on any atom is 0.0995 e. The lowest BCUT2D eigenvalue weighted by Crippen LogP contribution is -2.39. The molecule has 0 aromatic carbocycles. The fraction of sp³-hybridized carbons (Fsp3) is 0.643. The van der Waals surface area contributed by atoms with Gasteiger partial charge in [0.05, 0.1) is 12.4 Å². The molecule has 2 rings (SSSR count). The fourth-order valence-electron chi connectivity index (χ4n) is 2.55. The van der Waals surface area contributed by atoms with Gasteiger partial charge in [0, 0.05) is 16.8 Å². The highest BCUT2D eigenvalue weighted by Crippen LogP contribution is 2.28. The van der Waals surface area contributed by atoms with Gasteiger partial charge >= 0.3 is 0 Å². The van der Waals surface area contributed by atoms with Gasteiger partial charge in [-0.1, -0.05) is 18.9 Å². The molecule has 0 amide bonds. The SMILES string of the molecule is CC(C)N(Cc1cccs1)C(=N)C1CCCC1. The Morgan fingerprint density at radius 2 is 2.18 bits per heavy atom. The van der Waals surface area contributed by atoms with Crippen molar-refractivity contribution in [2.24, 2.45) is 5.92 Å². The normalized spacial score (nSPS) is 16.6. The molecule has 0 radical (unpaired) electrons. The van der Waals surface area contributed by atoms with Crippen molar-refractivity contribution in [1.82, 2.24) is 4.90 Å². The Bertz CT molecular complexity index is 350. The van der Waals surface area contributed by atoms with Gasteiger partial charge in [0.25, 0.3) is 0 Å². The lowest BCUT2D eigenvalue weighted by Gasteiger charge is -2.31. The fourth-order valence-corrected chi connectivity index (χ4v) is 3.25. The summed E-state index contributed by atoms with van der Waals surface area (Å²) in [6.07, 6.45) is 5.04. The van der Waals surface area contributed by atoms with Gasteiger partial charge in [-0.05, 0) is 38.1 Å². The molecular weight excluding hydrogens is 228 g/mol. The van der Waals surface area contributed by atoms with Crippen LogP contribution in [0.2, 0.25) is 0 Å². The molecule has 94 valence electrons. The average Bonchev–Trinajstić information content (AvgIpc) is 2.97. The van der Waals surface area contributed by atoms with Crippen LogP contribution in [-0.2, 0) is 6.54 Å². The van der Waals surface area contributed by atoms with Crippen molar-refractivity contribution in [3.63, 3.8) is 0 Å². The molecule has 0 spiro atoms. The standard InChI is InChI=1S/C14H22N2S/c1-11(2)16(10-13-8-5-9-17-13)14(15)12-6-3-4-7-12/h5,8-9,11-12,15H,3-4,6-7,10H2,1-2H3. The monoisotopic (exact) mass is 250 g/mol. The molecule has 2 nitrogen and oxygen atoms in total. The van der Waals surface area contributed by atoms with Gasteiger partial charge in [-0.15, -0.1) is 11.3 Å². The molecule has 1 aliphatic carbocycles. The molecule has 1 aliphatic rings. The van der Waals surface area contributed by atoms with Gasteiger partial charge in [0.15, 0.2) is 0 Å². The van der Waals surface area contributed by atoms with Crippen LogP contribution in [0.1, 0.15) is 44.4 Å². The van der Waals surface area contributed by atoms with Crippen LogP contribution in [0.4, 0.5) is 0 Å². The van der Waals surface area contributed by atoms with E-state index in [9.17, 15) is 0 Å². The molecule has 1 saturated carbocycles. The van der Waals surface area contributed by atoms with Crippen LogP contribution in [-0.4, -0.2) is 16.8 Å². The highest BCUT2D eigenvalue weighted by molar-refractivity contribution is 7.09. The van der Waals surface area contributed by atoms with Crippen LogP contribution in [0.3, 0.4) is 0 Å². The number of amidine groups is 1. The summed E-state index contributed by atoms with van der Waals surface area (Å²) in [6, 6.07) is 4.69. The molecule has 0 aliphatic heterocycles. The van der Waals surface area contributed by atoms with Crippen molar-refractivity contribution in [3.05, 3.63) is 22.4 Å². The molecule has 0 bridgehead atoms. The van der Waals surface area contributed by atoms with Crippen molar-refractivity contribution < 1.29 is 0 Å². The molecule has 1 aromatic rings. The molecule has 1 aromatic heterocycles. The first-order chi connectivity index (χ1) is 8.18. The van der Waals surface area contributed by atoms with Gasteiger partial charge in [-0.25, -0.2) is 0 Å². The van der Waals surface area contributed by atoms with Gasteiger partial charge in [0.2, 0.25) is 0 Å². The Kier molecular flexibility index (Phi) is 4.21. The van der Waals surface area contributed by atoms with E-state index in [-0.39, 0.29) is 0 Å². The number of thiophene rings is 1. The summed E-state index contributed by atoms with van der Waals surface area (Å²) in [6.45, 7) is 5.29. The smallest absolute Gasteiger partial charge is 0.0995 e. The number of nitrogens with zero attached hydrogens (tertiary/aromatic N) is 1. The average molecular weight is 250 g/mol. The Morgan fingerprint density at radius 3 is 2.71 bits per heavy atom. The number of rotatable bonds is 4. The zero-order valence-electron chi connectivity index (χ0n) is 10.8. The van der Waals surface area contributed by atoms with Crippen molar-refractivity contribution in [2.75, 3.05) is 0 Å². The van der Waals surface area contributed by atoms with Crippen LogP contribution in [0, 0.1) is 11.3 Å². The lowest BCUT2D eigenvalue weighted by atomic mass is 10.0. The highest BCUT2D eigenvalue weighted by Gasteiger charge is 2.25. The van der Waals surface area contributed by atoms with E-state index in [0.29, 0.717) is 12.0 Å². The van der Waals surface area contributed by atoms with Crippen LogP contribution in [0.15, 0.2) is 17.5 Å². The summed E-state index contributed by atoms with van der Waals surface area (Å²) in [5, 5.41) is 10.5. The van der Waals surface area contributed by atoms with Gasteiger partial charge in [0.1, 0.15) is 0 Å². The summed E-state index contributed by atoms with van der Waals surface area (Å²) in [4.78, 5) is 3.63. The summed E-state index contributed by atoms with van der Waals surface area (Å²) < 4.78 is 0. The summed E-state index contributed by atoms with van der Waals surface area (Å²) >= 11 is 1.79. The van der Waals surface area contributed by atoms with Crippen LogP contribution in [0.5, 0.6) is 0 Å². The molecule has 1 heterocycles. The molecule has 3 heteroatoms. The second kappa shape index (κ2) is 5.67. The van der Waals surface area contributed by atoms with E-state index in [1.165, 1.54) is 30.6 Å². The topological polar surface area (TPSA) is 27.1 Å². The third kappa shape index (κ3) is 3.09. The first-order valence-corrected chi connectivity index (χ1v) is 7.44. The van der Waals surface area contributed by atoms with Gasteiger partial charge in [-0.2, -0.15) is 0 Å². The van der Waals surface area contributed by atoms with E-state index in [0.717, 1.165) is 12.4 Å². The Labute approximate surface area is 108 Å². The maximum absolute atomic E-state index is 8.41. The molecule has 17 heavy (non-hydrogen) atoms. The summed E-state index contributed by atoms with van der Waals surface area (Å²) in [5.41, 5.74) is 0. The molecule has 1 fully saturated rings. The van der Waals surface area contributed by atoms with Gasteiger partial charge < -0.3 is 4.90 Å². The Morgan fingerprint density at radius 1 is 1.47 bits per heavy atom. The molecule has 0 unspecified atom stereocenters. The first-order valence-electron chi connectivity index (χ1n) is 6.56. The first kappa shape index (κ1) is 12.6. The number of hydrogen-bond acceptors (Lipinski definition) is 2.